The third-order valence-electron chi connectivity index (χ3n) is 3.31. The Balaban J connectivity index is 2.68. The predicted molar refractivity (Wildman–Crippen MR) is 84.9 cm³/mol. The maximum atomic E-state index is 5.48. The van der Waals surface area contributed by atoms with Crippen LogP contribution >= 0.6 is 12.2 Å². The van der Waals surface area contributed by atoms with Gasteiger partial charge in [0.05, 0.1) is 12.8 Å². The van der Waals surface area contributed by atoms with Gasteiger partial charge in [-0.15, -0.1) is 0 Å². The smallest absolute Gasteiger partial charge is 0.133 e. The molecule has 1 aromatic heterocycles. The van der Waals surface area contributed by atoms with Crippen molar-refractivity contribution < 1.29 is 4.74 Å². The highest BCUT2D eigenvalue weighted by Crippen LogP contribution is 2.31. The van der Waals surface area contributed by atoms with Gasteiger partial charge in [0, 0.05) is 17.5 Å². The molecule has 2 aromatic rings. The van der Waals surface area contributed by atoms with E-state index in [1.807, 2.05) is 19.1 Å². The molecule has 0 bridgehead atoms. The largest absolute Gasteiger partial charge is 0.496 e. The number of rotatable bonds is 4. The van der Waals surface area contributed by atoms with Crippen LogP contribution in [0.25, 0.3) is 11.3 Å². The van der Waals surface area contributed by atoms with Crippen molar-refractivity contribution in [1.29, 1.82) is 0 Å². The van der Waals surface area contributed by atoms with E-state index in [0.717, 1.165) is 41.2 Å². The highest BCUT2D eigenvalue weighted by Gasteiger charge is 2.12. The molecule has 1 aromatic carbocycles. The number of hydrogen-bond donors (Lipinski definition) is 1. The number of methoxy groups -OCH3 is 1. The Morgan fingerprint density at radius 1 is 1.30 bits per heavy atom. The first-order valence-corrected chi connectivity index (χ1v) is 7.22. The maximum Gasteiger partial charge on any atom is 0.133 e. The van der Waals surface area contributed by atoms with Crippen LogP contribution in [0, 0.1) is 18.5 Å². The van der Waals surface area contributed by atoms with E-state index in [2.05, 4.69) is 29.9 Å². The molecule has 0 unspecified atom stereocenters. The number of aromatic nitrogens is 2. The maximum absolute atomic E-state index is 5.48. The number of aromatic amines is 1. The zero-order valence-corrected chi connectivity index (χ0v) is 13.2. The fraction of sp³-hybridized carbons (Fsp3) is 0.375. The molecule has 4 heteroatoms. The summed E-state index contributed by atoms with van der Waals surface area (Å²) in [5, 5.41) is 0. The molecular formula is C16H20N2OS. The quantitative estimate of drug-likeness (QED) is 0.848. The van der Waals surface area contributed by atoms with Gasteiger partial charge in [0.15, 0.2) is 0 Å². The van der Waals surface area contributed by atoms with E-state index in [9.17, 15) is 0 Å². The zero-order chi connectivity index (χ0) is 14.7. The Bertz CT molecular complexity index is 677. The van der Waals surface area contributed by atoms with Gasteiger partial charge >= 0.3 is 0 Å². The minimum Gasteiger partial charge on any atom is -0.496 e. The third kappa shape index (κ3) is 2.90. The molecule has 0 saturated carbocycles. The number of benzene rings is 1. The highest BCUT2D eigenvalue weighted by atomic mass is 32.1. The lowest BCUT2D eigenvalue weighted by molar-refractivity contribution is 0.416. The van der Waals surface area contributed by atoms with Gasteiger partial charge in [-0.05, 0) is 32.4 Å². The SMILES string of the molecule is CCCc1nc(=S)c(C)c(-c2cc(C)ccc2OC)[nH]1. The molecular weight excluding hydrogens is 268 g/mol. The van der Waals surface area contributed by atoms with Crippen molar-refractivity contribution in [2.75, 3.05) is 7.11 Å². The van der Waals surface area contributed by atoms with E-state index in [1.165, 1.54) is 5.56 Å². The Hall–Kier alpha value is -1.68. The number of hydrogen-bond acceptors (Lipinski definition) is 3. The van der Waals surface area contributed by atoms with Crippen LogP contribution in [0.3, 0.4) is 0 Å². The van der Waals surface area contributed by atoms with Gasteiger partial charge in [-0.3, -0.25) is 0 Å². The average molecular weight is 288 g/mol. The number of nitrogens with one attached hydrogen (secondary N) is 1. The number of H-pyrrole nitrogens is 1. The molecule has 1 N–H and O–H groups in total. The van der Waals surface area contributed by atoms with Gasteiger partial charge < -0.3 is 9.72 Å². The number of aryl methyl sites for hydroxylation is 2. The molecule has 20 heavy (non-hydrogen) atoms. The van der Waals surface area contributed by atoms with Crippen molar-refractivity contribution in [2.45, 2.75) is 33.6 Å². The fourth-order valence-electron chi connectivity index (χ4n) is 2.22. The van der Waals surface area contributed by atoms with Crippen molar-refractivity contribution in [3.8, 4) is 17.0 Å². The minimum absolute atomic E-state index is 0.658. The molecule has 3 nitrogen and oxygen atoms in total. The van der Waals surface area contributed by atoms with Crippen LogP contribution in [0.4, 0.5) is 0 Å². The topological polar surface area (TPSA) is 37.9 Å². The van der Waals surface area contributed by atoms with E-state index >= 15 is 0 Å². The second kappa shape index (κ2) is 6.18. The summed E-state index contributed by atoms with van der Waals surface area (Å²) in [5.74, 6) is 1.78. The molecule has 0 aliphatic rings. The van der Waals surface area contributed by atoms with E-state index in [0.29, 0.717) is 4.64 Å². The van der Waals surface area contributed by atoms with Gasteiger partial charge in [-0.25, -0.2) is 4.98 Å². The van der Waals surface area contributed by atoms with Crippen LogP contribution in [-0.4, -0.2) is 17.1 Å². The highest BCUT2D eigenvalue weighted by molar-refractivity contribution is 7.71. The first-order valence-electron chi connectivity index (χ1n) is 6.81. The van der Waals surface area contributed by atoms with Crippen LogP contribution in [0.5, 0.6) is 5.75 Å². The van der Waals surface area contributed by atoms with Crippen LogP contribution in [0.1, 0.15) is 30.3 Å². The lowest BCUT2D eigenvalue weighted by Crippen LogP contribution is -2.01. The molecule has 0 aliphatic carbocycles. The van der Waals surface area contributed by atoms with Crippen molar-refractivity contribution in [2.24, 2.45) is 0 Å². The van der Waals surface area contributed by atoms with Crippen LogP contribution in [0.15, 0.2) is 18.2 Å². The van der Waals surface area contributed by atoms with Crippen LogP contribution in [0.2, 0.25) is 0 Å². The molecule has 0 amide bonds. The number of ether oxygens (including phenoxy) is 1. The average Bonchev–Trinajstić information content (AvgIpc) is 2.43. The van der Waals surface area contributed by atoms with E-state index in [1.54, 1.807) is 7.11 Å². The summed E-state index contributed by atoms with van der Waals surface area (Å²) in [6.07, 6.45) is 1.93. The zero-order valence-electron chi connectivity index (χ0n) is 12.4. The van der Waals surface area contributed by atoms with Crippen molar-refractivity contribution in [1.82, 2.24) is 9.97 Å². The van der Waals surface area contributed by atoms with Gasteiger partial charge in [0.2, 0.25) is 0 Å². The van der Waals surface area contributed by atoms with Crippen molar-refractivity contribution in [3.63, 3.8) is 0 Å². The summed E-state index contributed by atoms with van der Waals surface area (Å²) < 4.78 is 6.13. The van der Waals surface area contributed by atoms with Crippen molar-refractivity contribution >= 4 is 12.2 Å². The second-order valence-electron chi connectivity index (χ2n) is 4.94. The molecule has 1 heterocycles. The van der Waals surface area contributed by atoms with Gasteiger partial charge in [-0.1, -0.05) is 30.8 Å². The van der Waals surface area contributed by atoms with Gasteiger partial charge in [0.1, 0.15) is 16.2 Å². The van der Waals surface area contributed by atoms with Crippen LogP contribution in [-0.2, 0) is 6.42 Å². The summed E-state index contributed by atoms with van der Waals surface area (Å²) in [5.41, 5.74) is 4.22. The Labute approximate surface area is 125 Å². The molecule has 106 valence electrons. The standard InChI is InChI=1S/C16H20N2OS/c1-5-6-14-17-15(11(3)16(20)18-14)12-9-10(2)7-8-13(12)19-4/h7-9H,5-6H2,1-4H3,(H,17,18,20). The minimum atomic E-state index is 0.658. The molecule has 2 rings (SSSR count). The molecule has 0 aliphatic heterocycles. The third-order valence-corrected chi connectivity index (χ3v) is 3.71. The lowest BCUT2D eigenvalue weighted by atomic mass is 10.0. The van der Waals surface area contributed by atoms with Crippen LogP contribution < -0.4 is 4.74 Å². The Morgan fingerprint density at radius 3 is 2.70 bits per heavy atom. The summed E-state index contributed by atoms with van der Waals surface area (Å²) >= 11 is 5.38. The summed E-state index contributed by atoms with van der Waals surface area (Å²) in [4.78, 5) is 7.86. The molecule has 0 spiro atoms. The second-order valence-corrected chi connectivity index (χ2v) is 5.33. The lowest BCUT2D eigenvalue weighted by Gasteiger charge is -2.13. The first-order chi connectivity index (χ1) is 9.56. The molecule has 0 saturated heterocycles. The Kier molecular flexibility index (Phi) is 4.55. The normalized spacial score (nSPS) is 10.6. The van der Waals surface area contributed by atoms with Crippen molar-refractivity contribution in [3.05, 3.63) is 39.8 Å². The monoisotopic (exact) mass is 288 g/mol. The molecule has 0 radical (unpaired) electrons. The van der Waals surface area contributed by atoms with E-state index in [4.69, 9.17) is 17.0 Å². The Morgan fingerprint density at radius 2 is 2.05 bits per heavy atom. The van der Waals surface area contributed by atoms with Gasteiger partial charge in [-0.2, -0.15) is 0 Å². The summed E-state index contributed by atoms with van der Waals surface area (Å²) in [7, 11) is 1.69. The summed E-state index contributed by atoms with van der Waals surface area (Å²) in [6.45, 7) is 6.20. The number of nitrogens with zero attached hydrogens (tertiary/aromatic N) is 1. The first kappa shape index (κ1) is 14.7. The molecule has 0 atom stereocenters. The van der Waals surface area contributed by atoms with E-state index < -0.39 is 0 Å². The van der Waals surface area contributed by atoms with Gasteiger partial charge in [0.25, 0.3) is 0 Å². The molecule has 0 fully saturated rings. The predicted octanol–water partition coefficient (Wildman–Crippen LogP) is 4.38. The fourth-order valence-corrected chi connectivity index (χ4v) is 2.43. The van der Waals surface area contributed by atoms with E-state index in [-0.39, 0.29) is 0 Å². The summed E-state index contributed by atoms with van der Waals surface area (Å²) in [6, 6.07) is 6.14.